The van der Waals surface area contributed by atoms with E-state index < -0.39 is 6.04 Å². The molecule has 3 nitrogen and oxygen atoms in total. The van der Waals surface area contributed by atoms with Crippen LogP contribution >= 0.6 is 0 Å². The molecule has 4 radical (unpaired) electrons. The van der Waals surface area contributed by atoms with E-state index in [1.54, 1.807) is 25.1 Å². The normalized spacial score (nSPS) is 9.72. The number of carbonyl (C=O) groups excluding carboxylic acids is 1. The van der Waals surface area contributed by atoms with E-state index in [1.165, 1.54) is 6.92 Å². The summed E-state index contributed by atoms with van der Waals surface area (Å²) in [4.78, 5) is 10.9. The summed E-state index contributed by atoms with van der Waals surface area (Å²) in [6.45, 7) is 3.22. The van der Waals surface area contributed by atoms with Crippen LogP contribution in [0.5, 0.6) is 5.75 Å². The average molecular weight is 548 g/mol. The van der Waals surface area contributed by atoms with Crippen molar-refractivity contribution in [3.05, 3.63) is 35.1 Å². The van der Waals surface area contributed by atoms with Gasteiger partial charge in [-0.2, -0.15) is 0 Å². The molecular formula is C11H14NO2Y4-. The summed E-state index contributed by atoms with van der Waals surface area (Å²) >= 11 is 0. The molecular weight excluding hydrogens is 534 g/mol. The molecule has 0 unspecified atom stereocenters. The Bertz CT molecular complexity index is 361. The van der Waals surface area contributed by atoms with E-state index >= 15 is 0 Å². The second kappa shape index (κ2) is 15.0. The molecule has 0 saturated carbocycles. The van der Waals surface area contributed by atoms with Crippen molar-refractivity contribution in [2.45, 2.75) is 26.3 Å². The number of Topliss-reactive ketones (excluding diaryl/α,β-unsaturated/α-hetero) is 1. The van der Waals surface area contributed by atoms with Crippen molar-refractivity contribution >= 4 is 5.78 Å². The zero-order valence-electron chi connectivity index (χ0n) is 10.7. The Balaban J connectivity index is -0.000000245. The first-order chi connectivity index (χ1) is 6.50. The van der Waals surface area contributed by atoms with Gasteiger partial charge in [0.25, 0.3) is 0 Å². The van der Waals surface area contributed by atoms with Crippen molar-refractivity contribution in [2.75, 3.05) is 0 Å². The third-order valence-electron chi connectivity index (χ3n) is 2.19. The second-order valence-electron chi connectivity index (χ2n) is 3.49. The van der Waals surface area contributed by atoms with Crippen LogP contribution in [-0.4, -0.2) is 16.9 Å². The van der Waals surface area contributed by atoms with Gasteiger partial charge in [0, 0.05) is 131 Å². The molecule has 0 fully saturated rings. The SMILES string of the molecule is CC(=O)[C@@H]([NH-])Cc1ccc(O)c(C)c1.[Y].[Y].[Y].[Y]. The molecule has 0 amide bonds. The smallest absolute Gasteiger partial charge is 0.118 e. The fraction of sp³-hybridized carbons (Fsp3) is 0.364. The number of ketones is 1. The first-order valence-corrected chi connectivity index (χ1v) is 4.50. The second-order valence-corrected chi connectivity index (χ2v) is 3.49. The first-order valence-electron chi connectivity index (χ1n) is 4.50. The van der Waals surface area contributed by atoms with Crippen molar-refractivity contribution in [3.63, 3.8) is 0 Å². The summed E-state index contributed by atoms with van der Waals surface area (Å²) in [5.74, 6) is 0.119. The van der Waals surface area contributed by atoms with E-state index in [0.717, 1.165) is 11.1 Å². The molecule has 0 aliphatic carbocycles. The topological polar surface area (TPSA) is 61.1 Å². The average Bonchev–Trinajstić information content (AvgIpc) is 2.11. The molecule has 1 rings (SSSR count). The molecule has 1 aromatic carbocycles. The van der Waals surface area contributed by atoms with E-state index in [4.69, 9.17) is 5.73 Å². The fourth-order valence-electron chi connectivity index (χ4n) is 1.22. The molecule has 0 aliphatic heterocycles. The van der Waals surface area contributed by atoms with Gasteiger partial charge in [-0.25, -0.2) is 0 Å². The molecule has 2 N–H and O–H groups in total. The van der Waals surface area contributed by atoms with Crippen LogP contribution in [0.2, 0.25) is 0 Å². The maximum atomic E-state index is 10.9. The first kappa shape index (κ1) is 29.1. The molecule has 0 heterocycles. The van der Waals surface area contributed by atoms with Crippen LogP contribution in [-0.2, 0) is 142 Å². The van der Waals surface area contributed by atoms with Crippen LogP contribution < -0.4 is 0 Å². The van der Waals surface area contributed by atoms with E-state index in [0.29, 0.717) is 6.42 Å². The summed E-state index contributed by atoms with van der Waals surface area (Å²) in [6.07, 6.45) is 0.413. The molecule has 0 aliphatic rings. The van der Waals surface area contributed by atoms with Gasteiger partial charge in [-0.1, -0.05) is 18.2 Å². The standard InChI is InChI=1S/C11H14NO2.4Y/c1-7-5-9(3-4-11(7)14)6-10(12)8(2)13;;;;/h3-5,10,12,14H,6H2,1-2H3;;;;/q-1;;;;/t10-;;;;/m0..../s1. The number of aryl methyl sites for hydroxylation is 1. The van der Waals surface area contributed by atoms with Crippen molar-refractivity contribution in [3.8, 4) is 5.75 Å². The molecule has 0 bridgehead atoms. The number of nitrogens with one attached hydrogen (secondary N) is 1. The van der Waals surface area contributed by atoms with Gasteiger partial charge in [0.1, 0.15) is 11.5 Å². The third kappa shape index (κ3) is 10.7. The monoisotopic (exact) mass is 548 g/mol. The van der Waals surface area contributed by atoms with Crippen LogP contribution in [0.1, 0.15) is 18.1 Å². The van der Waals surface area contributed by atoms with E-state index in [2.05, 4.69) is 0 Å². The predicted octanol–water partition coefficient (Wildman–Crippen LogP) is 2.24. The van der Waals surface area contributed by atoms with Crippen molar-refractivity contribution in [1.29, 1.82) is 0 Å². The molecule has 0 saturated heterocycles. The van der Waals surface area contributed by atoms with Crippen LogP contribution in [0, 0.1) is 6.92 Å². The maximum Gasteiger partial charge on any atom is 0.118 e. The number of benzene rings is 1. The van der Waals surface area contributed by atoms with Crippen LogP contribution in [0.15, 0.2) is 18.2 Å². The predicted molar refractivity (Wildman–Crippen MR) is 55.3 cm³/mol. The Labute approximate surface area is 209 Å². The van der Waals surface area contributed by atoms with Crippen LogP contribution in [0.25, 0.3) is 5.73 Å². The van der Waals surface area contributed by atoms with Gasteiger partial charge in [-0.15, -0.1) is 0 Å². The Kier molecular flexibility index (Phi) is 24.2. The van der Waals surface area contributed by atoms with E-state index in [-0.39, 0.29) is 142 Å². The molecule has 0 spiro atoms. The Morgan fingerprint density at radius 1 is 1.28 bits per heavy atom. The molecule has 7 heteroatoms. The van der Waals surface area contributed by atoms with E-state index in [9.17, 15) is 9.90 Å². The van der Waals surface area contributed by atoms with Crippen LogP contribution in [0.4, 0.5) is 0 Å². The quantitative estimate of drug-likeness (QED) is 0.631. The van der Waals surface area contributed by atoms with Crippen molar-refractivity contribution in [1.82, 2.24) is 0 Å². The van der Waals surface area contributed by atoms with Gasteiger partial charge in [0.15, 0.2) is 0 Å². The van der Waals surface area contributed by atoms with Crippen molar-refractivity contribution < 1.29 is 141 Å². The van der Waals surface area contributed by atoms with Gasteiger partial charge in [-0.05, 0) is 37.5 Å². The zero-order valence-corrected chi connectivity index (χ0v) is 22.0. The van der Waals surface area contributed by atoms with E-state index in [1.807, 2.05) is 0 Å². The summed E-state index contributed by atoms with van der Waals surface area (Å²) in [6, 6.07) is 4.45. The Morgan fingerprint density at radius 3 is 2.17 bits per heavy atom. The number of carbonyl (C=O) groups is 1. The van der Waals surface area contributed by atoms with Gasteiger partial charge in [-0.3, -0.25) is 0 Å². The molecule has 88 valence electrons. The number of rotatable bonds is 3. The number of phenolic OH excluding ortho intramolecular Hbond substituents is 1. The molecule has 18 heavy (non-hydrogen) atoms. The minimum atomic E-state index is -0.695. The summed E-state index contributed by atoms with van der Waals surface area (Å²) in [5.41, 5.74) is 9.16. The molecule has 1 aromatic rings. The number of aromatic hydroxyl groups is 1. The third-order valence-corrected chi connectivity index (χ3v) is 2.19. The minimum Gasteiger partial charge on any atom is -0.668 e. The van der Waals surface area contributed by atoms with Crippen molar-refractivity contribution in [2.24, 2.45) is 0 Å². The zero-order chi connectivity index (χ0) is 10.7. The summed E-state index contributed by atoms with van der Waals surface area (Å²) in [5, 5.41) is 9.27. The number of phenols is 1. The summed E-state index contributed by atoms with van der Waals surface area (Å²) in [7, 11) is 0. The Hall–Kier alpha value is 3.07. The minimum absolute atomic E-state index is 0. The molecule has 1 atom stereocenters. The van der Waals surface area contributed by atoms with Gasteiger partial charge in [0.2, 0.25) is 0 Å². The van der Waals surface area contributed by atoms with Crippen LogP contribution in [0.3, 0.4) is 0 Å². The van der Waals surface area contributed by atoms with Gasteiger partial charge in [0.05, 0.1) is 0 Å². The van der Waals surface area contributed by atoms with Gasteiger partial charge < -0.3 is 15.6 Å². The Morgan fingerprint density at radius 2 is 1.78 bits per heavy atom. The fourth-order valence-corrected chi connectivity index (χ4v) is 1.22. The number of hydrogen-bond acceptors (Lipinski definition) is 2. The maximum absolute atomic E-state index is 10.9. The molecule has 0 aromatic heterocycles. The largest absolute Gasteiger partial charge is 0.668 e. The number of hydrogen-bond donors (Lipinski definition) is 1. The summed E-state index contributed by atoms with van der Waals surface area (Å²) < 4.78 is 0. The van der Waals surface area contributed by atoms with Gasteiger partial charge >= 0.3 is 0 Å².